The molecule has 1 heterocycles. The molecule has 0 aromatic heterocycles. The van der Waals surface area contributed by atoms with Crippen LogP contribution in [0.4, 0.5) is 0 Å². The molecule has 3 atom stereocenters. The Morgan fingerprint density at radius 1 is 0.895 bits per heavy atom. The molecule has 0 aliphatic carbocycles. The molecule has 1 saturated heterocycles. The number of terminal acetylenes is 1. The summed E-state index contributed by atoms with van der Waals surface area (Å²) in [4.78, 5) is 5.29. The highest BCUT2D eigenvalue weighted by Crippen LogP contribution is 2.39. The minimum absolute atomic E-state index is 0.126. The lowest BCUT2D eigenvalue weighted by Crippen LogP contribution is -2.56. The Morgan fingerprint density at radius 3 is 2.21 bits per heavy atom. The Morgan fingerprint density at radius 2 is 1.58 bits per heavy atom. The summed E-state index contributed by atoms with van der Waals surface area (Å²) in [5.41, 5.74) is 4.82. The van der Waals surface area contributed by atoms with Crippen LogP contribution in [-0.2, 0) is 6.54 Å². The molecule has 3 aromatic rings. The second-order valence-electron chi connectivity index (χ2n) is 12.4. The van der Waals surface area contributed by atoms with Gasteiger partial charge in [-0.3, -0.25) is 9.80 Å². The van der Waals surface area contributed by atoms with E-state index in [0.29, 0.717) is 12.1 Å². The van der Waals surface area contributed by atoms with Gasteiger partial charge in [0.1, 0.15) is 5.75 Å². The third-order valence-electron chi connectivity index (χ3n) is 8.47. The molecule has 4 heteroatoms. The first-order chi connectivity index (χ1) is 18.0. The van der Waals surface area contributed by atoms with E-state index in [9.17, 15) is 0 Å². The predicted molar refractivity (Wildman–Crippen MR) is 163 cm³/mol. The SMILES string of the molecule is C#Cc1ccc([C@H](c2cccc(O[Si](C)(C)C(C)(C)C)c2)N2C[C@@H](C)N(Cc3ccccc3)C[C@@H]2C)cc1. The monoisotopic (exact) mass is 524 g/mol. The van der Waals surface area contributed by atoms with E-state index in [1.54, 1.807) is 0 Å². The summed E-state index contributed by atoms with van der Waals surface area (Å²) < 4.78 is 6.73. The summed E-state index contributed by atoms with van der Waals surface area (Å²) >= 11 is 0. The normalized spacial score (nSPS) is 20.1. The van der Waals surface area contributed by atoms with Gasteiger partial charge in [-0.05, 0) is 72.9 Å². The summed E-state index contributed by atoms with van der Waals surface area (Å²) in [5.74, 6) is 3.75. The quantitative estimate of drug-likeness (QED) is 0.232. The van der Waals surface area contributed by atoms with Crippen LogP contribution in [0.25, 0.3) is 0 Å². The third-order valence-corrected chi connectivity index (χ3v) is 12.8. The van der Waals surface area contributed by atoms with E-state index in [0.717, 1.165) is 30.9 Å². The van der Waals surface area contributed by atoms with Crippen LogP contribution in [0.15, 0.2) is 78.9 Å². The lowest BCUT2D eigenvalue weighted by atomic mass is 9.92. The number of benzene rings is 3. The van der Waals surface area contributed by atoms with Crippen molar-refractivity contribution in [2.24, 2.45) is 0 Å². The van der Waals surface area contributed by atoms with Gasteiger partial charge < -0.3 is 4.43 Å². The summed E-state index contributed by atoms with van der Waals surface area (Å²) in [6.45, 7) is 19.2. The second kappa shape index (κ2) is 11.5. The van der Waals surface area contributed by atoms with Gasteiger partial charge in [-0.15, -0.1) is 6.42 Å². The van der Waals surface area contributed by atoms with Crippen molar-refractivity contribution in [1.82, 2.24) is 9.80 Å². The molecule has 1 fully saturated rings. The average molecular weight is 525 g/mol. The second-order valence-corrected chi connectivity index (χ2v) is 17.1. The molecule has 0 bridgehead atoms. The van der Waals surface area contributed by atoms with E-state index >= 15 is 0 Å². The standard InChI is InChI=1S/C34H44N2OSi/c1-9-28-18-20-30(21-19-28)33(31-16-13-17-32(22-31)37-38(7,8)34(4,5)6)36-24-26(2)35(23-27(36)3)25-29-14-11-10-12-15-29/h1,10-22,26-27,33H,23-25H2,2-8H3/t26-,27+,33-/m1/s1. The van der Waals surface area contributed by atoms with Gasteiger partial charge >= 0.3 is 0 Å². The van der Waals surface area contributed by atoms with E-state index in [1.807, 2.05) is 0 Å². The molecule has 200 valence electrons. The molecule has 38 heavy (non-hydrogen) atoms. The van der Waals surface area contributed by atoms with Gasteiger partial charge in [0, 0.05) is 37.3 Å². The van der Waals surface area contributed by atoms with Crippen molar-refractivity contribution in [2.45, 2.75) is 77.4 Å². The molecule has 3 nitrogen and oxygen atoms in total. The minimum atomic E-state index is -1.95. The van der Waals surface area contributed by atoms with Crippen LogP contribution in [0.3, 0.4) is 0 Å². The van der Waals surface area contributed by atoms with Gasteiger partial charge in [-0.1, -0.05) is 81.3 Å². The van der Waals surface area contributed by atoms with Gasteiger partial charge in [0.25, 0.3) is 0 Å². The fourth-order valence-electron chi connectivity index (χ4n) is 5.16. The number of hydrogen-bond acceptors (Lipinski definition) is 3. The largest absolute Gasteiger partial charge is 0.543 e. The molecule has 3 aromatic carbocycles. The smallest absolute Gasteiger partial charge is 0.250 e. The van der Waals surface area contributed by atoms with Crippen molar-refractivity contribution in [1.29, 1.82) is 0 Å². The fraction of sp³-hybridized carbons (Fsp3) is 0.412. The first-order valence-corrected chi connectivity index (χ1v) is 16.8. The van der Waals surface area contributed by atoms with Crippen molar-refractivity contribution >= 4 is 8.32 Å². The Bertz CT molecular complexity index is 1240. The van der Waals surface area contributed by atoms with Gasteiger partial charge in [0.2, 0.25) is 8.32 Å². The molecule has 1 aliphatic rings. The first kappa shape index (κ1) is 28.2. The van der Waals surface area contributed by atoms with Crippen LogP contribution in [0.5, 0.6) is 5.75 Å². The lowest BCUT2D eigenvalue weighted by Gasteiger charge is -2.48. The van der Waals surface area contributed by atoms with Crippen molar-refractivity contribution in [3.05, 3.63) is 101 Å². The van der Waals surface area contributed by atoms with Crippen molar-refractivity contribution in [2.75, 3.05) is 13.1 Å². The molecular formula is C34H44N2OSi. The molecule has 0 unspecified atom stereocenters. The molecular weight excluding hydrogens is 480 g/mol. The summed E-state index contributed by atoms with van der Waals surface area (Å²) in [7, 11) is -1.95. The van der Waals surface area contributed by atoms with Gasteiger partial charge in [-0.25, -0.2) is 0 Å². The minimum Gasteiger partial charge on any atom is -0.543 e. The average Bonchev–Trinajstić information content (AvgIpc) is 2.87. The van der Waals surface area contributed by atoms with Crippen molar-refractivity contribution in [3.8, 4) is 18.1 Å². The van der Waals surface area contributed by atoms with Gasteiger partial charge in [-0.2, -0.15) is 0 Å². The first-order valence-electron chi connectivity index (χ1n) is 13.9. The maximum absolute atomic E-state index is 6.73. The summed E-state index contributed by atoms with van der Waals surface area (Å²) in [6, 6.07) is 29.1. The molecule has 1 aliphatic heterocycles. The van der Waals surface area contributed by atoms with Crippen LogP contribution in [0, 0.1) is 12.3 Å². The Kier molecular flexibility index (Phi) is 8.52. The van der Waals surface area contributed by atoms with Crippen LogP contribution in [0.1, 0.15) is 62.9 Å². The molecule has 0 amide bonds. The predicted octanol–water partition coefficient (Wildman–Crippen LogP) is 7.74. The highest BCUT2D eigenvalue weighted by atomic mass is 28.4. The molecule has 0 spiro atoms. The number of rotatable bonds is 7. The molecule has 0 saturated carbocycles. The topological polar surface area (TPSA) is 15.7 Å². The number of hydrogen-bond donors (Lipinski definition) is 0. The van der Waals surface area contributed by atoms with E-state index in [2.05, 4.69) is 142 Å². The lowest BCUT2D eigenvalue weighted by molar-refractivity contribution is 0.0195. The molecule has 4 rings (SSSR count). The molecule has 0 radical (unpaired) electrons. The van der Waals surface area contributed by atoms with Gasteiger partial charge in [0.05, 0.1) is 6.04 Å². The Labute approximate surface area is 232 Å². The van der Waals surface area contributed by atoms with Crippen LogP contribution in [0.2, 0.25) is 18.1 Å². The van der Waals surface area contributed by atoms with Gasteiger partial charge in [0.15, 0.2) is 0 Å². The summed E-state index contributed by atoms with van der Waals surface area (Å²) in [5, 5.41) is 0.145. The maximum Gasteiger partial charge on any atom is 0.250 e. The highest BCUT2D eigenvalue weighted by Gasteiger charge is 2.39. The van der Waals surface area contributed by atoms with E-state index < -0.39 is 8.32 Å². The van der Waals surface area contributed by atoms with Crippen molar-refractivity contribution in [3.63, 3.8) is 0 Å². The number of piperazine rings is 1. The highest BCUT2D eigenvalue weighted by molar-refractivity contribution is 6.74. The Hall–Kier alpha value is -2.84. The maximum atomic E-state index is 6.73. The summed E-state index contributed by atoms with van der Waals surface area (Å²) in [6.07, 6.45) is 5.68. The Balaban J connectivity index is 1.66. The van der Waals surface area contributed by atoms with Crippen LogP contribution in [-0.4, -0.2) is 43.3 Å². The van der Waals surface area contributed by atoms with Crippen molar-refractivity contribution < 1.29 is 4.43 Å². The van der Waals surface area contributed by atoms with Crippen LogP contribution >= 0.6 is 0 Å². The zero-order chi connectivity index (χ0) is 27.5. The fourth-order valence-corrected chi connectivity index (χ4v) is 6.18. The number of nitrogens with zero attached hydrogens (tertiary/aromatic N) is 2. The zero-order valence-electron chi connectivity index (χ0n) is 24.2. The molecule has 0 N–H and O–H groups in total. The van der Waals surface area contributed by atoms with E-state index in [4.69, 9.17) is 10.8 Å². The van der Waals surface area contributed by atoms with E-state index in [-0.39, 0.29) is 11.1 Å². The zero-order valence-corrected chi connectivity index (χ0v) is 25.2. The van der Waals surface area contributed by atoms with Crippen LogP contribution < -0.4 is 4.43 Å². The third kappa shape index (κ3) is 6.41. The van der Waals surface area contributed by atoms with E-state index in [1.165, 1.54) is 16.7 Å².